The summed E-state index contributed by atoms with van der Waals surface area (Å²) < 4.78 is 20.6. The number of amides is 1. The number of benzene rings is 3. The Labute approximate surface area is 194 Å². The van der Waals surface area contributed by atoms with E-state index in [2.05, 4.69) is 0 Å². The summed E-state index contributed by atoms with van der Waals surface area (Å²) in [6, 6.07) is 16.2. The normalized spacial score (nSPS) is 21.2. The highest BCUT2D eigenvalue weighted by Crippen LogP contribution is 2.43. The van der Waals surface area contributed by atoms with Crippen molar-refractivity contribution in [2.45, 2.75) is 25.5 Å². The van der Waals surface area contributed by atoms with Crippen LogP contribution >= 0.6 is 11.6 Å². The van der Waals surface area contributed by atoms with E-state index in [9.17, 15) is 19.1 Å². The van der Waals surface area contributed by atoms with Gasteiger partial charge in [-0.05, 0) is 55.0 Å². The van der Waals surface area contributed by atoms with Crippen molar-refractivity contribution in [1.82, 2.24) is 0 Å². The molecule has 3 aromatic carbocycles. The van der Waals surface area contributed by atoms with Gasteiger partial charge >= 0.3 is 0 Å². The van der Waals surface area contributed by atoms with Gasteiger partial charge in [-0.3, -0.25) is 14.5 Å². The van der Waals surface area contributed by atoms with Crippen molar-refractivity contribution < 1.29 is 23.8 Å². The molecule has 2 aliphatic rings. The standard InChI is InChI=1S/C26H19ClFNO4/c1-14-11-16-12-15(9-10-21(16)33-14)24(30)22-23(19-7-2-3-8-20(19)28)29(26(32)25(22)31)18-6-4-5-17(27)13-18/h2-10,12-14,23,30H,11H2,1H3/b24-22+. The van der Waals surface area contributed by atoms with Gasteiger partial charge in [-0.2, -0.15) is 0 Å². The summed E-state index contributed by atoms with van der Waals surface area (Å²) in [6.45, 7) is 1.94. The summed E-state index contributed by atoms with van der Waals surface area (Å²) in [5.41, 5.74) is 1.48. The van der Waals surface area contributed by atoms with E-state index < -0.39 is 23.5 Å². The van der Waals surface area contributed by atoms with Crippen LogP contribution in [0, 0.1) is 5.82 Å². The smallest absolute Gasteiger partial charge is 0.300 e. The highest BCUT2D eigenvalue weighted by Gasteiger charge is 2.48. The molecule has 2 heterocycles. The maximum atomic E-state index is 14.9. The molecular weight excluding hydrogens is 445 g/mol. The van der Waals surface area contributed by atoms with Crippen molar-refractivity contribution in [3.05, 3.63) is 99.8 Å². The van der Waals surface area contributed by atoms with E-state index in [1.54, 1.807) is 42.5 Å². The number of halogens is 2. The molecular formula is C26H19ClFNO4. The number of aliphatic hydroxyl groups is 1. The Morgan fingerprint density at radius 2 is 1.88 bits per heavy atom. The van der Waals surface area contributed by atoms with E-state index in [1.807, 2.05) is 6.92 Å². The minimum absolute atomic E-state index is 0.00391. The average molecular weight is 464 g/mol. The molecule has 2 aliphatic heterocycles. The second-order valence-corrected chi connectivity index (χ2v) is 8.56. The van der Waals surface area contributed by atoms with Gasteiger partial charge in [0.2, 0.25) is 0 Å². The lowest BCUT2D eigenvalue weighted by Crippen LogP contribution is -2.29. The van der Waals surface area contributed by atoms with Gasteiger partial charge in [0.25, 0.3) is 11.7 Å². The first-order valence-corrected chi connectivity index (χ1v) is 10.8. The lowest BCUT2D eigenvalue weighted by atomic mass is 9.94. The number of ketones is 1. The molecule has 5 rings (SSSR count). The van der Waals surface area contributed by atoms with E-state index in [4.69, 9.17) is 16.3 Å². The summed E-state index contributed by atoms with van der Waals surface area (Å²) in [5.74, 6) is -2.02. The van der Waals surface area contributed by atoms with Gasteiger partial charge in [0.05, 0.1) is 11.6 Å². The van der Waals surface area contributed by atoms with E-state index in [-0.39, 0.29) is 23.0 Å². The van der Waals surface area contributed by atoms with Crippen LogP contribution in [0.25, 0.3) is 5.76 Å². The van der Waals surface area contributed by atoms with E-state index in [0.29, 0.717) is 28.4 Å². The molecule has 1 N–H and O–H groups in total. The van der Waals surface area contributed by atoms with Gasteiger partial charge in [-0.15, -0.1) is 0 Å². The number of carbonyl (C=O) groups excluding carboxylic acids is 2. The molecule has 2 atom stereocenters. The molecule has 7 heteroatoms. The van der Waals surface area contributed by atoms with Crippen LogP contribution in [0.15, 0.2) is 72.3 Å². The quantitative estimate of drug-likeness (QED) is 0.319. The molecule has 0 aromatic heterocycles. The topological polar surface area (TPSA) is 66.8 Å². The third-order valence-electron chi connectivity index (χ3n) is 5.90. The second kappa shape index (κ2) is 8.05. The number of rotatable bonds is 3. The van der Waals surface area contributed by atoms with E-state index in [0.717, 1.165) is 5.56 Å². The Bertz CT molecular complexity index is 1340. The van der Waals surface area contributed by atoms with Gasteiger partial charge < -0.3 is 9.84 Å². The zero-order chi connectivity index (χ0) is 23.3. The van der Waals surface area contributed by atoms with Crippen LogP contribution in [0.2, 0.25) is 5.02 Å². The summed E-state index contributed by atoms with van der Waals surface area (Å²) in [5, 5.41) is 11.6. The van der Waals surface area contributed by atoms with Gasteiger partial charge in [-0.25, -0.2) is 4.39 Å². The maximum Gasteiger partial charge on any atom is 0.300 e. The molecule has 1 amide bonds. The predicted octanol–water partition coefficient (Wildman–Crippen LogP) is 5.43. The van der Waals surface area contributed by atoms with Gasteiger partial charge in [0.1, 0.15) is 23.4 Å². The Balaban J connectivity index is 1.72. The molecule has 33 heavy (non-hydrogen) atoms. The zero-order valence-corrected chi connectivity index (χ0v) is 18.3. The fourth-order valence-electron chi connectivity index (χ4n) is 4.44. The van der Waals surface area contributed by atoms with Crippen molar-refractivity contribution in [1.29, 1.82) is 0 Å². The van der Waals surface area contributed by atoms with Gasteiger partial charge in [0, 0.05) is 28.3 Å². The minimum atomic E-state index is -1.16. The van der Waals surface area contributed by atoms with Crippen molar-refractivity contribution in [3.8, 4) is 5.75 Å². The number of aliphatic hydroxyl groups excluding tert-OH is 1. The zero-order valence-electron chi connectivity index (χ0n) is 17.6. The third-order valence-corrected chi connectivity index (χ3v) is 6.14. The first-order valence-electron chi connectivity index (χ1n) is 10.5. The van der Waals surface area contributed by atoms with Crippen molar-refractivity contribution in [3.63, 3.8) is 0 Å². The summed E-state index contributed by atoms with van der Waals surface area (Å²) in [7, 11) is 0. The van der Waals surface area contributed by atoms with E-state index in [1.165, 1.54) is 29.2 Å². The molecule has 1 fully saturated rings. The second-order valence-electron chi connectivity index (χ2n) is 8.13. The SMILES string of the molecule is CC1Cc2cc(/C(O)=C3\C(=O)C(=O)N(c4cccc(Cl)c4)C3c3ccccc3F)ccc2O1. The first kappa shape index (κ1) is 21.2. The molecule has 166 valence electrons. The fourth-order valence-corrected chi connectivity index (χ4v) is 4.63. The summed E-state index contributed by atoms with van der Waals surface area (Å²) >= 11 is 6.12. The van der Waals surface area contributed by atoms with Gasteiger partial charge in [-0.1, -0.05) is 35.9 Å². The molecule has 0 spiro atoms. The van der Waals surface area contributed by atoms with Crippen LogP contribution in [0.5, 0.6) is 5.75 Å². The first-order chi connectivity index (χ1) is 15.8. The Morgan fingerprint density at radius 1 is 1.09 bits per heavy atom. The Morgan fingerprint density at radius 3 is 2.64 bits per heavy atom. The van der Waals surface area contributed by atoms with Crippen molar-refractivity contribution in [2.24, 2.45) is 0 Å². The number of Topliss-reactive ketones (excluding diaryl/α,β-unsaturated/α-hetero) is 1. The number of anilines is 1. The number of hydrogen-bond acceptors (Lipinski definition) is 4. The Kier molecular flexibility index (Phi) is 5.17. The highest BCUT2D eigenvalue weighted by molar-refractivity contribution is 6.51. The minimum Gasteiger partial charge on any atom is -0.507 e. The largest absolute Gasteiger partial charge is 0.507 e. The van der Waals surface area contributed by atoms with Crippen molar-refractivity contribution >= 4 is 34.7 Å². The molecule has 0 aliphatic carbocycles. The van der Waals surface area contributed by atoms with Crippen LogP contribution in [0.3, 0.4) is 0 Å². The monoisotopic (exact) mass is 463 g/mol. The number of nitrogens with zero attached hydrogens (tertiary/aromatic N) is 1. The van der Waals surface area contributed by atoms with E-state index >= 15 is 0 Å². The summed E-state index contributed by atoms with van der Waals surface area (Å²) in [6.07, 6.45) is 0.661. The molecule has 3 aromatic rings. The highest BCUT2D eigenvalue weighted by atomic mass is 35.5. The summed E-state index contributed by atoms with van der Waals surface area (Å²) in [4.78, 5) is 27.5. The molecule has 0 saturated carbocycles. The predicted molar refractivity (Wildman–Crippen MR) is 123 cm³/mol. The fraction of sp³-hybridized carbons (Fsp3) is 0.154. The van der Waals surface area contributed by atoms with Crippen LogP contribution < -0.4 is 9.64 Å². The average Bonchev–Trinajstić information content (AvgIpc) is 3.29. The number of fused-ring (bicyclic) bond motifs is 1. The maximum absolute atomic E-state index is 14.9. The van der Waals surface area contributed by atoms with Crippen LogP contribution in [-0.4, -0.2) is 22.9 Å². The lowest BCUT2D eigenvalue weighted by molar-refractivity contribution is -0.132. The van der Waals surface area contributed by atoms with Crippen molar-refractivity contribution in [2.75, 3.05) is 4.90 Å². The third kappa shape index (κ3) is 3.56. The molecule has 1 saturated heterocycles. The van der Waals surface area contributed by atoms with Crippen LogP contribution in [-0.2, 0) is 16.0 Å². The molecule has 2 unspecified atom stereocenters. The Hall–Kier alpha value is -3.64. The van der Waals surface area contributed by atoms with Crippen LogP contribution in [0.4, 0.5) is 10.1 Å². The lowest BCUT2D eigenvalue weighted by Gasteiger charge is -2.26. The van der Waals surface area contributed by atoms with Crippen LogP contribution in [0.1, 0.15) is 29.7 Å². The molecule has 0 radical (unpaired) electrons. The molecule has 0 bridgehead atoms. The number of ether oxygens (including phenoxy) is 1. The molecule has 5 nitrogen and oxygen atoms in total. The van der Waals surface area contributed by atoms with Gasteiger partial charge in [0.15, 0.2) is 0 Å². The number of hydrogen-bond donors (Lipinski definition) is 1. The number of carbonyl (C=O) groups is 2.